The quantitative estimate of drug-likeness (QED) is 0.621. The molecule has 0 saturated carbocycles. The van der Waals surface area contributed by atoms with E-state index >= 15 is 0 Å². The fraction of sp³-hybridized carbons (Fsp3) is 0.136. The number of carbonyl (C=O) groups excluding carboxylic acids is 1. The maximum Gasteiger partial charge on any atom is 0.425 e. The van der Waals surface area contributed by atoms with Gasteiger partial charge in [0.15, 0.2) is 5.78 Å². The van der Waals surface area contributed by atoms with Crippen LogP contribution in [0.1, 0.15) is 28.4 Å². The molecule has 0 fully saturated rings. The minimum Gasteiger partial charge on any atom is -0.372 e. The van der Waals surface area contributed by atoms with E-state index in [1.54, 1.807) is 48.5 Å². The molecule has 3 aromatic rings. The maximum absolute atomic E-state index is 13.9. The van der Waals surface area contributed by atoms with Gasteiger partial charge in [0.1, 0.15) is 0 Å². The van der Waals surface area contributed by atoms with Gasteiger partial charge >= 0.3 is 6.18 Å². The summed E-state index contributed by atoms with van der Waals surface area (Å²) in [6.07, 6.45) is -4.88. The van der Waals surface area contributed by atoms with Crippen LogP contribution in [0.25, 0.3) is 22.3 Å². The number of benzene rings is 3. The average molecular weight is 368 g/mol. The average Bonchev–Trinajstić information content (AvgIpc) is 2.91. The summed E-state index contributed by atoms with van der Waals surface area (Å²) >= 11 is 0. The standard InChI is InChI=1S/C22H15F3O2/c1-13(26)15-6-2-3-7-16(15)14-10-11-18-17-8-4-5-9-19(17)21(27,20(18)12-14)22(23,24)25/h2-12,27H,1H3. The van der Waals surface area contributed by atoms with Crippen LogP contribution in [0, 0.1) is 0 Å². The van der Waals surface area contributed by atoms with Gasteiger partial charge in [-0.05, 0) is 35.2 Å². The number of halogens is 3. The third-order valence-corrected chi connectivity index (χ3v) is 5.04. The molecule has 0 aromatic heterocycles. The Morgan fingerprint density at radius 1 is 0.852 bits per heavy atom. The minimum absolute atomic E-state index is 0.176. The highest BCUT2D eigenvalue weighted by Crippen LogP contribution is 2.55. The smallest absolute Gasteiger partial charge is 0.372 e. The second-order valence-corrected chi connectivity index (χ2v) is 6.62. The molecule has 5 heteroatoms. The first-order valence-electron chi connectivity index (χ1n) is 8.39. The molecule has 3 aromatic carbocycles. The number of Topliss-reactive ketones (excluding diaryl/α,β-unsaturated/α-hetero) is 1. The van der Waals surface area contributed by atoms with E-state index < -0.39 is 11.8 Å². The largest absolute Gasteiger partial charge is 0.425 e. The summed E-state index contributed by atoms with van der Waals surface area (Å²) in [5, 5.41) is 10.8. The second kappa shape index (κ2) is 5.79. The van der Waals surface area contributed by atoms with Crippen molar-refractivity contribution in [1.29, 1.82) is 0 Å². The molecule has 0 radical (unpaired) electrons. The zero-order valence-electron chi connectivity index (χ0n) is 14.3. The van der Waals surface area contributed by atoms with Gasteiger partial charge in [-0.3, -0.25) is 4.79 Å². The Hall–Kier alpha value is -2.92. The van der Waals surface area contributed by atoms with Crippen LogP contribution in [0.3, 0.4) is 0 Å². The summed E-state index contributed by atoms with van der Waals surface area (Å²) in [6, 6.07) is 17.3. The molecule has 2 nitrogen and oxygen atoms in total. The Balaban J connectivity index is 2.00. The predicted molar refractivity (Wildman–Crippen MR) is 96.4 cm³/mol. The van der Waals surface area contributed by atoms with Crippen LogP contribution in [-0.4, -0.2) is 17.1 Å². The molecule has 1 atom stereocenters. The van der Waals surface area contributed by atoms with Crippen molar-refractivity contribution in [3.8, 4) is 22.3 Å². The second-order valence-electron chi connectivity index (χ2n) is 6.62. The fourth-order valence-electron chi connectivity index (χ4n) is 3.77. The number of hydrogen-bond donors (Lipinski definition) is 1. The van der Waals surface area contributed by atoms with Crippen LogP contribution >= 0.6 is 0 Å². The molecule has 0 spiro atoms. The Kier molecular flexibility index (Phi) is 3.75. The normalized spacial score (nSPS) is 18.1. The highest BCUT2D eigenvalue weighted by Gasteiger charge is 2.60. The van der Waals surface area contributed by atoms with E-state index in [0.29, 0.717) is 27.8 Å². The van der Waals surface area contributed by atoms with Gasteiger partial charge in [0.2, 0.25) is 5.60 Å². The first-order valence-corrected chi connectivity index (χ1v) is 8.39. The van der Waals surface area contributed by atoms with Gasteiger partial charge in [0, 0.05) is 16.7 Å². The maximum atomic E-state index is 13.9. The van der Waals surface area contributed by atoms with Gasteiger partial charge in [0.25, 0.3) is 0 Å². The van der Waals surface area contributed by atoms with E-state index in [9.17, 15) is 23.1 Å². The molecule has 27 heavy (non-hydrogen) atoms. The van der Waals surface area contributed by atoms with Crippen molar-refractivity contribution in [3.05, 3.63) is 83.4 Å². The number of rotatable bonds is 2. The Bertz CT molecular complexity index is 1070. The Morgan fingerprint density at radius 2 is 1.44 bits per heavy atom. The monoisotopic (exact) mass is 368 g/mol. The molecular weight excluding hydrogens is 353 g/mol. The summed E-state index contributed by atoms with van der Waals surface area (Å²) < 4.78 is 41.8. The minimum atomic E-state index is -4.88. The number of ketones is 1. The third-order valence-electron chi connectivity index (χ3n) is 5.04. The molecule has 0 bridgehead atoms. The summed E-state index contributed by atoms with van der Waals surface area (Å²) in [5.41, 5.74) is -1.36. The Labute approximate surface area is 153 Å². The lowest BCUT2D eigenvalue weighted by atomic mass is 9.88. The molecule has 0 heterocycles. The van der Waals surface area contributed by atoms with Crippen molar-refractivity contribution in [1.82, 2.24) is 0 Å². The fourth-order valence-corrected chi connectivity index (χ4v) is 3.77. The molecule has 0 saturated heterocycles. The van der Waals surface area contributed by atoms with Crippen molar-refractivity contribution in [2.24, 2.45) is 0 Å². The summed E-state index contributed by atoms with van der Waals surface area (Å²) in [4.78, 5) is 11.9. The van der Waals surface area contributed by atoms with Crippen LogP contribution in [-0.2, 0) is 5.60 Å². The van der Waals surface area contributed by atoms with Crippen molar-refractivity contribution in [3.63, 3.8) is 0 Å². The predicted octanol–water partition coefficient (Wildman–Crippen LogP) is 5.33. The first kappa shape index (κ1) is 17.5. The van der Waals surface area contributed by atoms with Gasteiger partial charge < -0.3 is 5.11 Å². The number of fused-ring (bicyclic) bond motifs is 3. The van der Waals surface area contributed by atoms with E-state index in [1.165, 1.54) is 25.1 Å². The van der Waals surface area contributed by atoms with E-state index in [1.807, 2.05) is 0 Å². The first-order chi connectivity index (χ1) is 12.7. The van der Waals surface area contributed by atoms with Crippen LogP contribution in [0.5, 0.6) is 0 Å². The van der Waals surface area contributed by atoms with E-state index in [2.05, 4.69) is 0 Å². The van der Waals surface area contributed by atoms with E-state index in [4.69, 9.17) is 0 Å². The number of carbonyl (C=O) groups is 1. The lowest BCUT2D eigenvalue weighted by Crippen LogP contribution is -2.41. The van der Waals surface area contributed by atoms with Crippen molar-refractivity contribution < 1.29 is 23.1 Å². The van der Waals surface area contributed by atoms with Crippen molar-refractivity contribution >= 4 is 5.78 Å². The number of alkyl halides is 3. The van der Waals surface area contributed by atoms with Crippen molar-refractivity contribution in [2.75, 3.05) is 0 Å². The number of aliphatic hydroxyl groups is 1. The molecule has 0 aliphatic heterocycles. The summed E-state index contributed by atoms with van der Waals surface area (Å²) in [6.45, 7) is 1.41. The van der Waals surface area contributed by atoms with Gasteiger partial charge in [-0.1, -0.05) is 60.7 Å². The summed E-state index contributed by atoms with van der Waals surface area (Å²) in [7, 11) is 0. The van der Waals surface area contributed by atoms with Crippen molar-refractivity contribution in [2.45, 2.75) is 18.7 Å². The van der Waals surface area contributed by atoms with E-state index in [0.717, 1.165) is 0 Å². The summed E-state index contributed by atoms with van der Waals surface area (Å²) in [5.74, 6) is -0.180. The molecule has 1 aliphatic rings. The lowest BCUT2D eigenvalue weighted by Gasteiger charge is -2.28. The highest BCUT2D eigenvalue weighted by molar-refractivity contribution is 6.01. The molecule has 4 rings (SSSR count). The topological polar surface area (TPSA) is 37.3 Å². The zero-order valence-corrected chi connectivity index (χ0v) is 14.3. The molecule has 1 N–H and O–H groups in total. The zero-order chi connectivity index (χ0) is 19.4. The van der Waals surface area contributed by atoms with Gasteiger partial charge in [-0.25, -0.2) is 0 Å². The van der Waals surface area contributed by atoms with Gasteiger partial charge in [-0.15, -0.1) is 0 Å². The highest BCUT2D eigenvalue weighted by atomic mass is 19.4. The molecular formula is C22H15F3O2. The van der Waals surface area contributed by atoms with Crippen LogP contribution < -0.4 is 0 Å². The van der Waals surface area contributed by atoms with Crippen LogP contribution in [0.4, 0.5) is 13.2 Å². The third kappa shape index (κ3) is 2.42. The van der Waals surface area contributed by atoms with E-state index in [-0.39, 0.29) is 16.9 Å². The van der Waals surface area contributed by atoms with Gasteiger partial charge in [-0.2, -0.15) is 13.2 Å². The SMILES string of the molecule is CC(=O)c1ccccc1-c1ccc2c(c1)C(O)(C(F)(F)F)c1ccccc1-2. The van der Waals surface area contributed by atoms with Gasteiger partial charge in [0.05, 0.1) is 0 Å². The lowest BCUT2D eigenvalue weighted by molar-refractivity contribution is -0.246. The number of hydrogen-bond acceptors (Lipinski definition) is 2. The molecule has 1 aliphatic carbocycles. The molecule has 0 amide bonds. The molecule has 1 unspecified atom stereocenters. The van der Waals surface area contributed by atoms with Crippen LogP contribution in [0.15, 0.2) is 66.7 Å². The van der Waals surface area contributed by atoms with Crippen LogP contribution in [0.2, 0.25) is 0 Å². The molecule has 136 valence electrons. The Morgan fingerprint density at radius 3 is 2.11 bits per heavy atom.